The number of nitrogens with one attached hydrogen (secondary N) is 1. The first kappa shape index (κ1) is 13.7. The Hall–Kier alpha value is -1.74. The molecule has 0 fully saturated rings. The van der Waals surface area contributed by atoms with E-state index in [2.05, 4.69) is 54.2 Å². The summed E-state index contributed by atoms with van der Waals surface area (Å²) in [5.41, 5.74) is 2.55. The molecular weight excluding hydrogens is 236 g/mol. The maximum absolute atomic E-state index is 5.26. The largest absolute Gasteiger partial charge is 0.497 e. The summed E-state index contributed by atoms with van der Waals surface area (Å²) in [6.07, 6.45) is 2.12. The van der Waals surface area contributed by atoms with Crippen LogP contribution in [0.4, 0.5) is 0 Å². The van der Waals surface area contributed by atoms with Gasteiger partial charge in [-0.3, -0.25) is 0 Å². The highest BCUT2D eigenvalue weighted by Gasteiger charge is 2.03. The summed E-state index contributed by atoms with van der Waals surface area (Å²) >= 11 is 0. The van der Waals surface area contributed by atoms with Crippen LogP contribution < -0.4 is 10.1 Å². The van der Waals surface area contributed by atoms with Gasteiger partial charge in [0.2, 0.25) is 0 Å². The molecule has 0 aliphatic heterocycles. The van der Waals surface area contributed by atoms with Crippen molar-refractivity contribution in [3.8, 4) is 5.75 Å². The van der Waals surface area contributed by atoms with Crippen molar-refractivity contribution in [1.29, 1.82) is 0 Å². The summed E-state index contributed by atoms with van der Waals surface area (Å²) in [5, 5.41) is 3.45. The first-order valence-electron chi connectivity index (χ1n) is 6.69. The standard InChI is InChI=1S/C16H22N2O/c1-13(2)17-11-15-7-5-9-18(15)12-14-6-4-8-16(10-14)19-3/h4-10,13,17H,11-12H2,1-3H3. The van der Waals surface area contributed by atoms with Gasteiger partial charge in [0, 0.05) is 31.0 Å². The molecule has 19 heavy (non-hydrogen) atoms. The molecule has 102 valence electrons. The van der Waals surface area contributed by atoms with E-state index in [0.717, 1.165) is 18.8 Å². The van der Waals surface area contributed by atoms with E-state index in [1.165, 1.54) is 11.3 Å². The van der Waals surface area contributed by atoms with Crippen LogP contribution in [-0.2, 0) is 13.1 Å². The lowest BCUT2D eigenvalue weighted by atomic mass is 10.2. The fourth-order valence-corrected chi connectivity index (χ4v) is 2.04. The molecule has 2 aromatic rings. The minimum absolute atomic E-state index is 0.500. The lowest BCUT2D eigenvalue weighted by molar-refractivity contribution is 0.414. The van der Waals surface area contributed by atoms with E-state index in [-0.39, 0.29) is 0 Å². The molecule has 1 aromatic heterocycles. The molecule has 0 spiro atoms. The number of hydrogen-bond acceptors (Lipinski definition) is 2. The van der Waals surface area contributed by atoms with Crippen molar-refractivity contribution in [2.24, 2.45) is 0 Å². The molecule has 0 saturated carbocycles. The van der Waals surface area contributed by atoms with Crippen LogP contribution in [0.3, 0.4) is 0 Å². The molecule has 0 aliphatic rings. The van der Waals surface area contributed by atoms with Gasteiger partial charge in [-0.25, -0.2) is 0 Å². The Balaban J connectivity index is 2.08. The van der Waals surface area contributed by atoms with Gasteiger partial charge in [0.1, 0.15) is 5.75 Å². The molecule has 1 N–H and O–H groups in total. The third-order valence-electron chi connectivity index (χ3n) is 3.10. The number of ether oxygens (including phenoxy) is 1. The van der Waals surface area contributed by atoms with E-state index in [0.29, 0.717) is 6.04 Å². The maximum Gasteiger partial charge on any atom is 0.119 e. The van der Waals surface area contributed by atoms with Crippen LogP contribution in [-0.4, -0.2) is 17.7 Å². The SMILES string of the molecule is COc1cccc(Cn2cccc2CNC(C)C)c1. The smallest absolute Gasteiger partial charge is 0.119 e. The van der Waals surface area contributed by atoms with Crippen LogP contribution in [0.25, 0.3) is 0 Å². The van der Waals surface area contributed by atoms with E-state index in [1.807, 2.05) is 12.1 Å². The average Bonchev–Trinajstić information content (AvgIpc) is 2.84. The summed E-state index contributed by atoms with van der Waals surface area (Å²) in [6, 6.07) is 13.0. The van der Waals surface area contributed by atoms with Crippen LogP contribution in [0.2, 0.25) is 0 Å². The highest BCUT2D eigenvalue weighted by molar-refractivity contribution is 5.29. The Kier molecular flexibility index (Phi) is 4.63. The summed E-state index contributed by atoms with van der Waals surface area (Å²) in [7, 11) is 1.70. The lowest BCUT2D eigenvalue weighted by Crippen LogP contribution is -2.23. The van der Waals surface area contributed by atoms with Gasteiger partial charge in [-0.1, -0.05) is 26.0 Å². The van der Waals surface area contributed by atoms with Crippen molar-refractivity contribution < 1.29 is 4.74 Å². The number of rotatable bonds is 6. The van der Waals surface area contributed by atoms with Crippen molar-refractivity contribution in [2.75, 3.05) is 7.11 Å². The second kappa shape index (κ2) is 6.43. The van der Waals surface area contributed by atoms with Crippen molar-refractivity contribution in [1.82, 2.24) is 9.88 Å². The van der Waals surface area contributed by atoms with Gasteiger partial charge < -0.3 is 14.6 Å². The molecule has 0 bridgehead atoms. The van der Waals surface area contributed by atoms with Crippen molar-refractivity contribution in [3.05, 3.63) is 53.9 Å². The second-order valence-electron chi connectivity index (χ2n) is 5.01. The highest BCUT2D eigenvalue weighted by Crippen LogP contribution is 2.15. The average molecular weight is 258 g/mol. The van der Waals surface area contributed by atoms with Crippen molar-refractivity contribution >= 4 is 0 Å². The van der Waals surface area contributed by atoms with Gasteiger partial charge in [0.25, 0.3) is 0 Å². The molecule has 1 heterocycles. The maximum atomic E-state index is 5.26. The highest BCUT2D eigenvalue weighted by atomic mass is 16.5. The Morgan fingerprint density at radius 2 is 2.05 bits per heavy atom. The fourth-order valence-electron chi connectivity index (χ4n) is 2.04. The molecular formula is C16H22N2O. The molecule has 0 saturated heterocycles. The molecule has 0 amide bonds. The number of hydrogen-bond donors (Lipinski definition) is 1. The Morgan fingerprint density at radius 1 is 1.21 bits per heavy atom. The Labute approximate surface area is 115 Å². The minimum Gasteiger partial charge on any atom is -0.497 e. The Bertz CT molecular complexity index is 517. The molecule has 0 unspecified atom stereocenters. The molecule has 0 radical (unpaired) electrons. The van der Waals surface area contributed by atoms with E-state index in [1.54, 1.807) is 7.11 Å². The first-order chi connectivity index (χ1) is 9.19. The minimum atomic E-state index is 0.500. The zero-order valence-corrected chi connectivity index (χ0v) is 11.9. The first-order valence-corrected chi connectivity index (χ1v) is 6.69. The third kappa shape index (κ3) is 3.86. The molecule has 3 heteroatoms. The molecule has 0 aliphatic carbocycles. The fraction of sp³-hybridized carbons (Fsp3) is 0.375. The quantitative estimate of drug-likeness (QED) is 0.862. The number of benzene rings is 1. The zero-order chi connectivity index (χ0) is 13.7. The zero-order valence-electron chi connectivity index (χ0n) is 11.9. The van der Waals surface area contributed by atoms with E-state index in [4.69, 9.17) is 4.74 Å². The summed E-state index contributed by atoms with van der Waals surface area (Å²) < 4.78 is 7.53. The molecule has 2 rings (SSSR count). The van der Waals surface area contributed by atoms with E-state index < -0.39 is 0 Å². The number of aromatic nitrogens is 1. The van der Waals surface area contributed by atoms with Crippen LogP contribution in [0.15, 0.2) is 42.6 Å². The van der Waals surface area contributed by atoms with Crippen LogP contribution in [0.5, 0.6) is 5.75 Å². The monoisotopic (exact) mass is 258 g/mol. The normalized spacial score (nSPS) is 10.9. The molecule has 1 aromatic carbocycles. The number of methoxy groups -OCH3 is 1. The van der Waals surface area contributed by atoms with Crippen LogP contribution in [0.1, 0.15) is 25.1 Å². The van der Waals surface area contributed by atoms with Gasteiger partial charge in [-0.05, 0) is 29.8 Å². The van der Waals surface area contributed by atoms with E-state index >= 15 is 0 Å². The van der Waals surface area contributed by atoms with Crippen molar-refractivity contribution in [3.63, 3.8) is 0 Å². The summed E-state index contributed by atoms with van der Waals surface area (Å²) in [5.74, 6) is 0.909. The van der Waals surface area contributed by atoms with Gasteiger partial charge >= 0.3 is 0 Å². The third-order valence-corrected chi connectivity index (χ3v) is 3.10. The van der Waals surface area contributed by atoms with Crippen LogP contribution >= 0.6 is 0 Å². The van der Waals surface area contributed by atoms with Gasteiger partial charge in [0.05, 0.1) is 7.11 Å². The summed E-state index contributed by atoms with van der Waals surface area (Å²) in [4.78, 5) is 0. The van der Waals surface area contributed by atoms with Gasteiger partial charge in [0.15, 0.2) is 0 Å². The van der Waals surface area contributed by atoms with Crippen molar-refractivity contribution in [2.45, 2.75) is 33.0 Å². The van der Waals surface area contributed by atoms with Crippen LogP contribution in [0, 0.1) is 0 Å². The van der Waals surface area contributed by atoms with E-state index in [9.17, 15) is 0 Å². The predicted molar refractivity (Wildman–Crippen MR) is 78.5 cm³/mol. The molecule has 0 atom stereocenters. The topological polar surface area (TPSA) is 26.2 Å². The predicted octanol–water partition coefficient (Wildman–Crippen LogP) is 3.04. The Morgan fingerprint density at radius 3 is 2.79 bits per heavy atom. The van der Waals surface area contributed by atoms with Gasteiger partial charge in [-0.15, -0.1) is 0 Å². The van der Waals surface area contributed by atoms with Gasteiger partial charge in [-0.2, -0.15) is 0 Å². The summed E-state index contributed by atoms with van der Waals surface area (Å²) in [6.45, 7) is 6.10. The second-order valence-corrected chi connectivity index (χ2v) is 5.01. The lowest BCUT2D eigenvalue weighted by Gasteiger charge is -2.12. The molecule has 3 nitrogen and oxygen atoms in total. The number of nitrogens with zero attached hydrogens (tertiary/aromatic N) is 1.